The molecule has 0 bridgehead atoms. The van der Waals surface area contributed by atoms with Gasteiger partial charge in [-0.15, -0.1) is 0 Å². The Labute approximate surface area is 192 Å². The number of hydrogen-bond acceptors (Lipinski definition) is 5. The molecule has 9 heteroatoms. The first-order valence-corrected chi connectivity index (χ1v) is 11.9. The van der Waals surface area contributed by atoms with Crippen molar-refractivity contribution in [2.45, 2.75) is 4.90 Å². The summed E-state index contributed by atoms with van der Waals surface area (Å²) >= 11 is 5.92. The molecule has 0 aliphatic carbocycles. The Morgan fingerprint density at radius 3 is 2.34 bits per heavy atom. The molecular formula is C23H22ClN3O4S. The number of halogens is 1. The summed E-state index contributed by atoms with van der Waals surface area (Å²) in [4.78, 5) is 14.9. The zero-order chi connectivity index (χ0) is 22.6. The fourth-order valence-electron chi connectivity index (χ4n) is 3.35. The number of carbonyl (C=O) groups is 1. The molecule has 1 aliphatic rings. The number of nitrogens with one attached hydrogen (secondary N) is 2. The number of rotatable bonds is 6. The molecule has 2 N–H and O–H groups in total. The van der Waals surface area contributed by atoms with Crippen LogP contribution in [0, 0.1) is 0 Å². The zero-order valence-corrected chi connectivity index (χ0v) is 18.7. The van der Waals surface area contributed by atoms with Crippen molar-refractivity contribution in [2.75, 3.05) is 41.2 Å². The van der Waals surface area contributed by atoms with Gasteiger partial charge in [-0.3, -0.25) is 9.52 Å². The monoisotopic (exact) mass is 471 g/mol. The topological polar surface area (TPSA) is 87.7 Å². The summed E-state index contributed by atoms with van der Waals surface area (Å²) in [5, 5.41) is 3.22. The number of benzene rings is 3. The predicted octanol–water partition coefficient (Wildman–Crippen LogP) is 4.23. The highest BCUT2D eigenvalue weighted by Gasteiger charge is 2.17. The van der Waals surface area contributed by atoms with Gasteiger partial charge in [-0.1, -0.05) is 23.7 Å². The van der Waals surface area contributed by atoms with Gasteiger partial charge >= 0.3 is 0 Å². The van der Waals surface area contributed by atoms with E-state index in [-0.39, 0.29) is 10.5 Å². The molecule has 3 aromatic carbocycles. The van der Waals surface area contributed by atoms with Gasteiger partial charge in [0.25, 0.3) is 15.9 Å². The van der Waals surface area contributed by atoms with E-state index in [4.69, 9.17) is 16.3 Å². The fourth-order valence-corrected chi connectivity index (χ4v) is 4.64. The first-order valence-electron chi connectivity index (χ1n) is 10.0. The van der Waals surface area contributed by atoms with Crippen LogP contribution in [0.1, 0.15) is 10.4 Å². The molecule has 7 nitrogen and oxygen atoms in total. The summed E-state index contributed by atoms with van der Waals surface area (Å²) < 4.78 is 33.3. The Balaban J connectivity index is 1.46. The first kappa shape index (κ1) is 22.1. The van der Waals surface area contributed by atoms with Gasteiger partial charge in [-0.25, -0.2) is 8.42 Å². The number of ether oxygens (including phenoxy) is 1. The first-order chi connectivity index (χ1) is 15.4. The number of hydrogen-bond donors (Lipinski definition) is 2. The second-order valence-electron chi connectivity index (χ2n) is 7.24. The summed E-state index contributed by atoms with van der Waals surface area (Å²) in [5.74, 6) is -0.399. The molecule has 0 radical (unpaired) electrons. The second-order valence-corrected chi connectivity index (χ2v) is 9.36. The third-order valence-electron chi connectivity index (χ3n) is 4.98. The molecule has 3 aromatic rings. The molecule has 1 saturated heterocycles. The minimum Gasteiger partial charge on any atom is -0.378 e. The lowest BCUT2D eigenvalue weighted by Gasteiger charge is -2.28. The van der Waals surface area contributed by atoms with Crippen LogP contribution in [0.2, 0.25) is 5.02 Å². The Morgan fingerprint density at radius 1 is 0.906 bits per heavy atom. The lowest BCUT2D eigenvalue weighted by molar-refractivity contribution is 0.102. The van der Waals surface area contributed by atoms with Crippen molar-refractivity contribution in [3.8, 4) is 0 Å². The van der Waals surface area contributed by atoms with Crippen LogP contribution < -0.4 is 14.9 Å². The van der Waals surface area contributed by atoms with Crippen LogP contribution in [-0.4, -0.2) is 40.6 Å². The normalized spacial score (nSPS) is 14.1. The Hall–Kier alpha value is -3.07. The van der Waals surface area contributed by atoms with Gasteiger partial charge in [0.15, 0.2) is 0 Å². The lowest BCUT2D eigenvalue weighted by Crippen LogP contribution is -2.36. The predicted molar refractivity (Wildman–Crippen MR) is 126 cm³/mol. The number of anilines is 3. The highest BCUT2D eigenvalue weighted by molar-refractivity contribution is 7.92. The van der Waals surface area contributed by atoms with Crippen LogP contribution >= 0.6 is 11.6 Å². The SMILES string of the molecule is O=C(Nc1ccc(N2CCOCC2)cc1)c1cccc(S(=O)(=O)Nc2cccc(Cl)c2)c1. The Morgan fingerprint density at radius 2 is 1.62 bits per heavy atom. The molecule has 1 aliphatic heterocycles. The molecule has 1 heterocycles. The van der Waals surface area contributed by atoms with E-state index in [1.54, 1.807) is 24.3 Å². The standard InChI is InChI=1S/C23H22ClN3O4S/c24-18-4-2-5-20(16-18)26-32(29,30)22-6-1-3-17(15-22)23(28)25-19-7-9-21(10-8-19)27-11-13-31-14-12-27/h1-10,15-16,26H,11-14H2,(H,25,28). The maximum Gasteiger partial charge on any atom is 0.261 e. The molecule has 166 valence electrons. The summed E-state index contributed by atoms with van der Waals surface area (Å²) in [7, 11) is -3.88. The average molecular weight is 472 g/mol. The number of sulfonamides is 1. The maximum atomic E-state index is 12.7. The van der Waals surface area contributed by atoms with E-state index in [0.29, 0.717) is 29.6 Å². The molecule has 1 fully saturated rings. The largest absolute Gasteiger partial charge is 0.378 e. The third kappa shape index (κ3) is 5.40. The molecule has 0 unspecified atom stereocenters. The van der Waals surface area contributed by atoms with E-state index in [9.17, 15) is 13.2 Å². The number of carbonyl (C=O) groups excluding carboxylic acids is 1. The van der Waals surface area contributed by atoms with Crippen LogP contribution in [0.15, 0.2) is 77.7 Å². The number of nitrogens with zero attached hydrogens (tertiary/aromatic N) is 1. The van der Waals surface area contributed by atoms with E-state index in [1.807, 2.05) is 24.3 Å². The van der Waals surface area contributed by atoms with Crippen LogP contribution in [0.4, 0.5) is 17.1 Å². The minimum absolute atomic E-state index is 0.0206. The molecular weight excluding hydrogens is 450 g/mol. The van der Waals surface area contributed by atoms with Crippen LogP contribution in [-0.2, 0) is 14.8 Å². The summed E-state index contributed by atoms with van der Waals surface area (Å²) in [6.07, 6.45) is 0. The van der Waals surface area contributed by atoms with E-state index >= 15 is 0 Å². The van der Waals surface area contributed by atoms with Crippen molar-refractivity contribution in [3.63, 3.8) is 0 Å². The Bertz CT molecular complexity index is 1210. The molecule has 0 spiro atoms. The molecule has 32 heavy (non-hydrogen) atoms. The van der Waals surface area contributed by atoms with Crippen molar-refractivity contribution >= 4 is 44.6 Å². The van der Waals surface area contributed by atoms with Crippen molar-refractivity contribution in [3.05, 3.63) is 83.4 Å². The Kier molecular flexibility index (Phi) is 6.64. The lowest BCUT2D eigenvalue weighted by atomic mass is 10.2. The molecule has 0 aromatic heterocycles. The van der Waals surface area contributed by atoms with Gasteiger partial charge in [0, 0.05) is 35.1 Å². The molecule has 1 amide bonds. The maximum absolute atomic E-state index is 12.7. The van der Waals surface area contributed by atoms with Crippen LogP contribution in [0.3, 0.4) is 0 Å². The summed E-state index contributed by atoms with van der Waals surface area (Å²) in [6.45, 7) is 3.06. The van der Waals surface area contributed by atoms with Crippen molar-refractivity contribution in [1.82, 2.24) is 0 Å². The van der Waals surface area contributed by atoms with Gasteiger partial charge in [0.1, 0.15) is 0 Å². The highest BCUT2D eigenvalue weighted by Crippen LogP contribution is 2.22. The van der Waals surface area contributed by atoms with Crippen LogP contribution in [0.5, 0.6) is 0 Å². The number of morpholine rings is 1. The second kappa shape index (κ2) is 9.60. The fraction of sp³-hybridized carbons (Fsp3) is 0.174. The average Bonchev–Trinajstić information content (AvgIpc) is 2.80. The summed E-state index contributed by atoms with van der Waals surface area (Å²) in [6, 6.07) is 19.8. The molecule has 4 rings (SSSR count). The highest BCUT2D eigenvalue weighted by atomic mass is 35.5. The van der Waals surface area contributed by atoms with Crippen molar-refractivity contribution in [1.29, 1.82) is 0 Å². The van der Waals surface area contributed by atoms with Crippen molar-refractivity contribution in [2.24, 2.45) is 0 Å². The summed E-state index contributed by atoms with van der Waals surface area (Å²) in [5.41, 5.74) is 2.26. The molecule has 0 saturated carbocycles. The van der Waals surface area contributed by atoms with Crippen LogP contribution in [0.25, 0.3) is 0 Å². The van der Waals surface area contributed by atoms with E-state index in [2.05, 4.69) is 14.9 Å². The van der Waals surface area contributed by atoms with Crippen molar-refractivity contribution < 1.29 is 17.9 Å². The van der Waals surface area contributed by atoms with Gasteiger partial charge in [0.2, 0.25) is 0 Å². The van der Waals surface area contributed by atoms with Gasteiger partial charge < -0.3 is 15.0 Å². The third-order valence-corrected chi connectivity index (χ3v) is 6.60. The van der Waals surface area contributed by atoms with Gasteiger partial charge in [-0.05, 0) is 60.7 Å². The van der Waals surface area contributed by atoms with E-state index < -0.39 is 15.9 Å². The quantitative estimate of drug-likeness (QED) is 0.561. The van der Waals surface area contributed by atoms with E-state index in [0.717, 1.165) is 18.8 Å². The van der Waals surface area contributed by atoms with E-state index in [1.165, 1.54) is 24.3 Å². The zero-order valence-electron chi connectivity index (χ0n) is 17.1. The number of amides is 1. The van der Waals surface area contributed by atoms with Gasteiger partial charge in [0.05, 0.1) is 23.8 Å². The molecule has 0 atom stereocenters. The van der Waals surface area contributed by atoms with Gasteiger partial charge in [-0.2, -0.15) is 0 Å². The smallest absolute Gasteiger partial charge is 0.261 e. The minimum atomic E-state index is -3.88.